The number of hydrogen-bond donors (Lipinski definition) is 2. The molecule has 0 bridgehead atoms. The van der Waals surface area contributed by atoms with Crippen LogP contribution in [-0.2, 0) is 9.53 Å². The van der Waals surface area contributed by atoms with Gasteiger partial charge >= 0.3 is 0 Å². The first-order valence-corrected chi connectivity index (χ1v) is 6.80. The third-order valence-electron chi connectivity index (χ3n) is 3.00. The number of hydrogen-bond acceptors (Lipinski definition) is 3. The number of nitrogens with one attached hydrogen (secondary N) is 2. The Bertz CT molecular complexity index is 456. The van der Waals surface area contributed by atoms with Crippen molar-refractivity contribution in [1.82, 2.24) is 5.32 Å². The number of anilines is 1. The Kier molecular flexibility index (Phi) is 4.61. The van der Waals surface area contributed by atoms with Crippen LogP contribution in [0.3, 0.4) is 0 Å². The molecule has 1 aliphatic rings. The van der Waals surface area contributed by atoms with Gasteiger partial charge in [0.05, 0.1) is 34.3 Å². The van der Waals surface area contributed by atoms with E-state index in [4.69, 9.17) is 16.3 Å². The highest BCUT2D eigenvalue weighted by molar-refractivity contribution is 9.10. The number of likely N-dealkylation sites (N-methyl/N-ethyl adjacent to an activating group) is 1. The van der Waals surface area contributed by atoms with Crippen LogP contribution in [-0.4, -0.2) is 32.2 Å². The van der Waals surface area contributed by atoms with Crippen LogP contribution in [0.2, 0.25) is 5.02 Å². The molecule has 1 amide bonds. The van der Waals surface area contributed by atoms with Gasteiger partial charge in [-0.2, -0.15) is 0 Å². The zero-order valence-corrected chi connectivity index (χ0v) is 12.2. The largest absolute Gasteiger partial charge is 0.379 e. The highest BCUT2D eigenvalue weighted by atomic mass is 79.9. The highest BCUT2D eigenvalue weighted by Gasteiger charge is 2.33. The van der Waals surface area contributed by atoms with Crippen molar-refractivity contribution >= 4 is 39.1 Å². The molecule has 1 aromatic carbocycles. The second kappa shape index (κ2) is 6.02. The van der Waals surface area contributed by atoms with E-state index < -0.39 is 0 Å². The molecule has 98 valence electrons. The minimum atomic E-state index is -0.180. The molecule has 0 saturated carbocycles. The molecule has 0 aromatic heterocycles. The zero-order chi connectivity index (χ0) is 13.1. The molecule has 2 rings (SSSR count). The molecule has 1 heterocycles. The third-order valence-corrected chi connectivity index (χ3v) is 4.40. The summed E-state index contributed by atoms with van der Waals surface area (Å²) in [6, 6.07) is 5.42. The first-order valence-electron chi connectivity index (χ1n) is 5.63. The Morgan fingerprint density at radius 3 is 3.00 bits per heavy atom. The smallest absolute Gasteiger partial charge is 0.231 e. The summed E-state index contributed by atoms with van der Waals surface area (Å²) in [7, 11) is 1.83. The first-order chi connectivity index (χ1) is 8.63. The van der Waals surface area contributed by atoms with Gasteiger partial charge in [0.2, 0.25) is 5.91 Å². The molecule has 0 spiro atoms. The summed E-state index contributed by atoms with van der Waals surface area (Å²) >= 11 is 9.33. The number of rotatable bonds is 3. The van der Waals surface area contributed by atoms with E-state index in [1.807, 2.05) is 7.05 Å². The standard InChI is InChI=1S/C12H14BrClN2O2/c1-15-10-6-18-5-7(10)12(17)16-9-4-2-3-8(14)11(9)13/h2-4,7,10,15H,5-6H2,1H3,(H,16,17). The Balaban J connectivity index is 2.09. The topological polar surface area (TPSA) is 50.4 Å². The molecule has 0 radical (unpaired) electrons. The fourth-order valence-electron chi connectivity index (χ4n) is 1.92. The summed E-state index contributed by atoms with van der Waals surface area (Å²) in [5, 5.41) is 6.52. The van der Waals surface area contributed by atoms with Crippen molar-refractivity contribution in [3.8, 4) is 0 Å². The van der Waals surface area contributed by atoms with Gasteiger partial charge in [-0.1, -0.05) is 17.7 Å². The van der Waals surface area contributed by atoms with E-state index in [-0.39, 0.29) is 17.9 Å². The Labute approximate surface area is 119 Å². The number of carbonyl (C=O) groups is 1. The van der Waals surface area contributed by atoms with Crippen LogP contribution < -0.4 is 10.6 Å². The van der Waals surface area contributed by atoms with E-state index in [1.54, 1.807) is 18.2 Å². The maximum Gasteiger partial charge on any atom is 0.231 e. The zero-order valence-electron chi connectivity index (χ0n) is 9.87. The minimum Gasteiger partial charge on any atom is -0.379 e. The SMILES string of the molecule is CNC1COCC1C(=O)Nc1cccc(Cl)c1Br. The van der Waals surface area contributed by atoms with Crippen LogP contribution in [0.4, 0.5) is 5.69 Å². The lowest BCUT2D eigenvalue weighted by atomic mass is 10.0. The summed E-state index contributed by atoms with van der Waals surface area (Å²) in [5.74, 6) is -0.240. The average molecular weight is 334 g/mol. The summed E-state index contributed by atoms with van der Waals surface area (Å²) in [6.07, 6.45) is 0. The van der Waals surface area contributed by atoms with Gasteiger partial charge in [0.25, 0.3) is 0 Å². The Hall–Kier alpha value is -0.620. The monoisotopic (exact) mass is 332 g/mol. The molecule has 2 atom stereocenters. The highest BCUT2D eigenvalue weighted by Crippen LogP contribution is 2.30. The van der Waals surface area contributed by atoms with Gasteiger partial charge in [0.15, 0.2) is 0 Å². The van der Waals surface area contributed by atoms with Crippen LogP contribution in [0, 0.1) is 5.92 Å². The van der Waals surface area contributed by atoms with Crippen LogP contribution in [0.15, 0.2) is 22.7 Å². The summed E-state index contributed by atoms with van der Waals surface area (Å²) < 4.78 is 6.01. The molecule has 1 saturated heterocycles. The van der Waals surface area contributed by atoms with Gasteiger partial charge < -0.3 is 15.4 Å². The van der Waals surface area contributed by atoms with Crippen molar-refractivity contribution in [2.24, 2.45) is 5.92 Å². The first kappa shape index (κ1) is 13.8. The van der Waals surface area contributed by atoms with E-state index in [0.29, 0.717) is 28.4 Å². The van der Waals surface area contributed by atoms with E-state index in [0.717, 1.165) is 0 Å². The second-order valence-electron chi connectivity index (χ2n) is 4.13. The van der Waals surface area contributed by atoms with E-state index in [2.05, 4.69) is 26.6 Å². The predicted octanol–water partition coefficient (Wildman–Crippen LogP) is 2.28. The Morgan fingerprint density at radius 2 is 2.28 bits per heavy atom. The molecule has 4 nitrogen and oxygen atoms in total. The third kappa shape index (κ3) is 2.85. The molecular weight excluding hydrogens is 320 g/mol. The van der Waals surface area contributed by atoms with Crippen molar-refractivity contribution in [2.75, 3.05) is 25.6 Å². The van der Waals surface area contributed by atoms with Crippen molar-refractivity contribution in [3.05, 3.63) is 27.7 Å². The lowest BCUT2D eigenvalue weighted by Gasteiger charge is -2.17. The van der Waals surface area contributed by atoms with Crippen molar-refractivity contribution in [3.63, 3.8) is 0 Å². The summed E-state index contributed by atoms with van der Waals surface area (Å²) in [6.45, 7) is 1.00. The number of amides is 1. The molecule has 18 heavy (non-hydrogen) atoms. The van der Waals surface area contributed by atoms with E-state index >= 15 is 0 Å². The van der Waals surface area contributed by atoms with Crippen LogP contribution >= 0.6 is 27.5 Å². The predicted molar refractivity (Wildman–Crippen MR) is 74.9 cm³/mol. The molecular formula is C12H14BrClN2O2. The van der Waals surface area contributed by atoms with Crippen LogP contribution in [0.1, 0.15) is 0 Å². The van der Waals surface area contributed by atoms with E-state index in [9.17, 15) is 4.79 Å². The average Bonchev–Trinajstić information content (AvgIpc) is 2.83. The Morgan fingerprint density at radius 1 is 1.50 bits per heavy atom. The van der Waals surface area contributed by atoms with Crippen molar-refractivity contribution in [2.45, 2.75) is 6.04 Å². The molecule has 1 aliphatic heterocycles. The number of carbonyl (C=O) groups excluding carboxylic acids is 1. The van der Waals surface area contributed by atoms with Crippen molar-refractivity contribution < 1.29 is 9.53 Å². The fraction of sp³-hybridized carbons (Fsp3) is 0.417. The van der Waals surface area contributed by atoms with Gasteiger partial charge in [-0.05, 0) is 35.1 Å². The summed E-state index contributed by atoms with van der Waals surface area (Å²) in [4.78, 5) is 12.2. The molecule has 2 unspecified atom stereocenters. The lowest BCUT2D eigenvalue weighted by molar-refractivity contribution is -0.120. The molecule has 6 heteroatoms. The number of ether oxygens (including phenoxy) is 1. The van der Waals surface area contributed by atoms with Crippen LogP contribution in [0.5, 0.6) is 0 Å². The van der Waals surface area contributed by atoms with Gasteiger partial charge in [-0.25, -0.2) is 0 Å². The lowest BCUT2D eigenvalue weighted by Crippen LogP contribution is -2.39. The van der Waals surface area contributed by atoms with Gasteiger partial charge in [0.1, 0.15) is 0 Å². The quantitative estimate of drug-likeness (QED) is 0.892. The molecule has 2 N–H and O–H groups in total. The van der Waals surface area contributed by atoms with Gasteiger partial charge in [-0.3, -0.25) is 4.79 Å². The van der Waals surface area contributed by atoms with Gasteiger partial charge in [-0.15, -0.1) is 0 Å². The molecule has 0 aliphatic carbocycles. The van der Waals surface area contributed by atoms with E-state index in [1.165, 1.54) is 0 Å². The fourth-order valence-corrected chi connectivity index (χ4v) is 2.46. The molecule has 1 fully saturated rings. The maximum atomic E-state index is 12.2. The summed E-state index contributed by atoms with van der Waals surface area (Å²) in [5.41, 5.74) is 0.675. The normalized spacial score (nSPS) is 23.1. The minimum absolute atomic E-state index is 0.0583. The van der Waals surface area contributed by atoms with Crippen molar-refractivity contribution in [1.29, 1.82) is 0 Å². The molecule has 1 aromatic rings. The number of benzene rings is 1. The second-order valence-corrected chi connectivity index (χ2v) is 5.33. The maximum absolute atomic E-state index is 12.2. The van der Waals surface area contributed by atoms with Gasteiger partial charge in [0, 0.05) is 6.04 Å². The number of halogens is 2. The van der Waals surface area contributed by atoms with Crippen LogP contribution in [0.25, 0.3) is 0 Å².